The van der Waals surface area contributed by atoms with Crippen LogP contribution in [0.1, 0.15) is 61.4 Å². The van der Waals surface area contributed by atoms with Crippen molar-refractivity contribution in [2.45, 2.75) is 44.4 Å². The minimum atomic E-state index is -0.367. The van der Waals surface area contributed by atoms with Crippen LogP contribution in [0.5, 0.6) is 5.75 Å². The Morgan fingerprint density at radius 3 is 1.90 bits per heavy atom. The van der Waals surface area contributed by atoms with Gasteiger partial charge in [-0.05, 0) is 101 Å². The number of rotatable bonds is 5. The van der Waals surface area contributed by atoms with Crippen molar-refractivity contribution in [3.63, 3.8) is 0 Å². The van der Waals surface area contributed by atoms with Crippen molar-refractivity contribution < 1.29 is 4.74 Å². The first-order valence-electron chi connectivity index (χ1n) is 17.2. The molecule has 5 aromatic carbocycles. The van der Waals surface area contributed by atoms with E-state index in [0.29, 0.717) is 0 Å². The van der Waals surface area contributed by atoms with E-state index in [-0.39, 0.29) is 10.8 Å². The molecule has 5 aromatic rings. The Bertz CT molecular complexity index is 2340. The van der Waals surface area contributed by atoms with Crippen molar-refractivity contribution in [1.82, 2.24) is 0 Å². The van der Waals surface area contributed by atoms with Crippen molar-refractivity contribution >= 4 is 16.9 Å². The highest BCUT2D eigenvalue weighted by Gasteiger charge is 2.43. The first-order valence-corrected chi connectivity index (χ1v) is 17.2. The van der Waals surface area contributed by atoms with Crippen LogP contribution in [0.2, 0.25) is 0 Å². The highest BCUT2D eigenvalue weighted by molar-refractivity contribution is 5.89. The zero-order valence-corrected chi connectivity index (χ0v) is 28.1. The summed E-state index contributed by atoms with van der Waals surface area (Å²) in [4.78, 5) is 2.39. The van der Waals surface area contributed by atoms with Gasteiger partial charge in [0.15, 0.2) is 0 Å². The predicted octanol–water partition coefficient (Wildman–Crippen LogP) is 11.7. The predicted molar refractivity (Wildman–Crippen MR) is 201 cm³/mol. The normalized spacial score (nSPS) is 17.3. The molecule has 4 aliphatic rings. The van der Waals surface area contributed by atoms with Gasteiger partial charge in [-0.3, -0.25) is 0 Å². The van der Waals surface area contributed by atoms with Gasteiger partial charge >= 0.3 is 0 Å². The summed E-state index contributed by atoms with van der Waals surface area (Å²) in [5.41, 5.74) is 21.1. The average molecular weight is 632 g/mol. The Kier molecular flexibility index (Phi) is 6.68. The molecule has 0 atom stereocenters. The van der Waals surface area contributed by atoms with Crippen LogP contribution in [0.4, 0.5) is 11.4 Å². The largest absolute Gasteiger partial charge is 0.457 e. The minimum absolute atomic E-state index is 0.0884. The fourth-order valence-corrected chi connectivity index (χ4v) is 8.62. The molecule has 1 heterocycles. The lowest BCUT2D eigenvalue weighted by Crippen LogP contribution is -2.29. The van der Waals surface area contributed by atoms with Crippen molar-refractivity contribution in [1.29, 1.82) is 0 Å². The van der Waals surface area contributed by atoms with Gasteiger partial charge in [-0.1, -0.05) is 129 Å². The number of fused-ring (bicyclic) bond motifs is 4. The molecule has 0 fully saturated rings. The Morgan fingerprint density at radius 2 is 1.20 bits per heavy atom. The lowest BCUT2D eigenvalue weighted by Gasteiger charge is -2.39. The molecule has 0 aromatic heterocycles. The number of benzene rings is 5. The minimum Gasteiger partial charge on any atom is -0.457 e. The van der Waals surface area contributed by atoms with E-state index in [9.17, 15) is 0 Å². The third-order valence-corrected chi connectivity index (χ3v) is 11.1. The molecule has 0 unspecified atom stereocenters. The monoisotopic (exact) mass is 631 g/mol. The zero-order chi connectivity index (χ0) is 33.2. The Balaban J connectivity index is 1.24. The van der Waals surface area contributed by atoms with E-state index in [4.69, 9.17) is 4.74 Å². The quantitative estimate of drug-likeness (QED) is 0.179. The van der Waals surface area contributed by atoms with Crippen molar-refractivity contribution in [2.75, 3.05) is 4.90 Å². The molecule has 1 aliphatic heterocycles. The fraction of sp³-hybridized carbons (Fsp3) is 0.149. The third-order valence-electron chi connectivity index (χ3n) is 11.1. The maximum Gasteiger partial charge on any atom is 0.131 e. The summed E-state index contributed by atoms with van der Waals surface area (Å²) in [6.07, 6.45) is 10.3. The van der Waals surface area contributed by atoms with Crippen molar-refractivity contribution in [3.8, 4) is 16.9 Å². The van der Waals surface area contributed by atoms with Gasteiger partial charge in [0.1, 0.15) is 11.5 Å². The van der Waals surface area contributed by atoms with Crippen molar-refractivity contribution in [2.24, 2.45) is 0 Å². The van der Waals surface area contributed by atoms with E-state index in [1.807, 2.05) is 6.08 Å². The van der Waals surface area contributed by atoms with Gasteiger partial charge in [0.25, 0.3) is 0 Å². The average Bonchev–Trinajstić information content (AvgIpc) is 3.41. The van der Waals surface area contributed by atoms with E-state index in [2.05, 4.69) is 177 Å². The summed E-state index contributed by atoms with van der Waals surface area (Å²) < 4.78 is 6.64. The van der Waals surface area contributed by atoms with E-state index in [1.165, 1.54) is 50.1 Å². The van der Waals surface area contributed by atoms with Crippen LogP contribution >= 0.6 is 0 Å². The Labute approximate surface area is 289 Å². The van der Waals surface area contributed by atoms with E-state index in [1.54, 1.807) is 0 Å². The van der Waals surface area contributed by atoms with Crippen LogP contribution in [0.15, 0.2) is 174 Å². The van der Waals surface area contributed by atoms with Gasteiger partial charge < -0.3 is 9.64 Å². The van der Waals surface area contributed by atoms with Gasteiger partial charge in [-0.15, -0.1) is 0 Å². The van der Waals surface area contributed by atoms with E-state index >= 15 is 0 Å². The first kappa shape index (κ1) is 29.4. The number of allylic oxidation sites excluding steroid dienone is 6. The van der Waals surface area contributed by atoms with Gasteiger partial charge in [-0.2, -0.15) is 0 Å². The van der Waals surface area contributed by atoms with Gasteiger partial charge in [0, 0.05) is 22.0 Å². The second-order valence-corrected chi connectivity index (χ2v) is 14.0. The molecule has 3 aliphatic carbocycles. The van der Waals surface area contributed by atoms with Gasteiger partial charge in [-0.25, -0.2) is 0 Å². The van der Waals surface area contributed by atoms with Crippen LogP contribution in [0.25, 0.3) is 16.7 Å². The lowest BCUT2D eigenvalue weighted by molar-refractivity contribution is 0.372. The molecule has 49 heavy (non-hydrogen) atoms. The van der Waals surface area contributed by atoms with Gasteiger partial charge in [0.2, 0.25) is 0 Å². The molecule has 2 nitrogen and oxygen atoms in total. The molecule has 0 spiro atoms. The summed E-state index contributed by atoms with van der Waals surface area (Å²) in [6.45, 7) is 7.05. The Morgan fingerprint density at radius 1 is 0.612 bits per heavy atom. The molecule has 0 saturated carbocycles. The molecular weight excluding hydrogens is 595 g/mol. The maximum atomic E-state index is 6.64. The maximum absolute atomic E-state index is 6.64. The Hall–Kier alpha value is -5.78. The number of para-hydroxylation sites is 3. The zero-order valence-electron chi connectivity index (χ0n) is 28.1. The fourth-order valence-electron chi connectivity index (χ4n) is 8.62. The van der Waals surface area contributed by atoms with Crippen LogP contribution < -0.4 is 9.64 Å². The van der Waals surface area contributed by atoms with Gasteiger partial charge in [0.05, 0.1) is 17.1 Å². The standard InChI is InChI=1S/C47H37NO/c1-46(2)40-25-13-16-28-44(40)49-45-31-32(29-30-41(45)46)34-19-9-14-26-42(34)48(33-17-5-4-6-18-33)43-27-15-12-24-39(43)47(3)37-22-10-7-20-35(37)36-21-8-11-23-38(36)47/h4-5,7-17,19-28,31H,29-30H2,1-3H3. The topological polar surface area (TPSA) is 12.5 Å². The SMILES string of the molecule is CC1(C)C2=C(C=C(c3ccccc3N(C3=C=C=CC=C3)c3ccccc3C3(C)c4ccccc4-c4ccccc43)CC2)Oc2ccccc21. The molecule has 236 valence electrons. The molecule has 0 saturated heterocycles. The second-order valence-electron chi connectivity index (χ2n) is 14.0. The highest BCUT2D eigenvalue weighted by atomic mass is 16.5. The van der Waals surface area contributed by atoms with E-state index < -0.39 is 0 Å². The molecule has 0 radical (unpaired) electrons. The van der Waals surface area contributed by atoms with Crippen LogP contribution in [0.3, 0.4) is 0 Å². The number of anilines is 2. The summed E-state index contributed by atoms with van der Waals surface area (Å²) in [7, 11) is 0. The molecule has 0 N–H and O–H groups in total. The summed E-state index contributed by atoms with van der Waals surface area (Å²) >= 11 is 0. The second kappa shape index (κ2) is 11.1. The molecule has 0 amide bonds. The molecular formula is C47H37NO. The molecule has 0 bridgehead atoms. The third kappa shape index (κ3) is 4.43. The van der Waals surface area contributed by atoms with Crippen molar-refractivity contribution in [3.05, 3.63) is 202 Å². The smallest absolute Gasteiger partial charge is 0.131 e. The summed E-state index contributed by atoms with van der Waals surface area (Å²) in [5.74, 6) is 1.94. The number of hydrogen-bond acceptors (Lipinski definition) is 2. The first-order chi connectivity index (χ1) is 24.0. The summed E-state index contributed by atoms with van der Waals surface area (Å²) in [6, 6.07) is 44.0. The highest BCUT2D eigenvalue weighted by Crippen LogP contribution is 2.55. The van der Waals surface area contributed by atoms with Crippen LogP contribution in [0, 0.1) is 0 Å². The summed E-state index contributed by atoms with van der Waals surface area (Å²) in [5, 5.41) is 0. The van der Waals surface area contributed by atoms with Crippen LogP contribution in [-0.2, 0) is 10.8 Å². The number of ether oxygens (including phenoxy) is 1. The molecule has 2 heteroatoms. The van der Waals surface area contributed by atoms with E-state index in [0.717, 1.165) is 41.4 Å². The molecule has 9 rings (SSSR count). The number of hydrogen-bond donors (Lipinski definition) is 0. The van der Waals surface area contributed by atoms with Crippen LogP contribution in [-0.4, -0.2) is 0 Å². The number of nitrogens with zero attached hydrogens (tertiary/aromatic N) is 1. The lowest BCUT2D eigenvalue weighted by atomic mass is 9.71.